The summed E-state index contributed by atoms with van der Waals surface area (Å²) in [5.74, 6) is 1.61. The summed E-state index contributed by atoms with van der Waals surface area (Å²) in [6.45, 7) is 5.68. The number of piperazine rings is 1. The highest BCUT2D eigenvalue weighted by Crippen LogP contribution is 2.09. The number of nitrogens with one attached hydrogen (secondary N) is 2. The number of aromatic nitrogens is 2. The Kier molecular flexibility index (Phi) is 6.73. The van der Waals surface area contributed by atoms with Crippen LogP contribution in [0.5, 0.6) is 0 Å². The number of hydrogen-bond donors (Lipinski definition) is 2. The third kappa shape index (κ3) is 5.31. The molecule has 2 rings (SSSR count). The summed E-state index contributed by atoms with van der Waals surface area (Å²) in [6, 6.07) is 1.80. The number of anilines is 1. The molecule has 0 bridgehead atoms. The molecule has 1 aliphatic heterocycles. The van der Waals surface area contributed by atoms with E-state index in [1.54, 1.807) is 32.4 Å². The number of nitrogens with zero attached hydrogens (tertiary/aromatic N) is 5. The molecule has 1 aliphatic rings. The SMILES string of the molecule is CCS(=O)(=O)NCCNC(=NC)N1CCN(c2ncccn2)CC1. The Bertz CT molecular complexity index is 628. The summed E-state index contributed by atoms with van der Waals surface area (Å²) >= 11 is 0. The highest BCUT2D eigenvalue weighted by molar-refractivity contribution is 7.89. The first-order valence-corrected chi connectivity index (χ1v) is 9.66. The van der Waals surface area contributed by atoms with Gasteiger partial charge in [0, 0.05) is 58.7 Å². The molecule has 1 saturated heterocycles. The highest BCUT2D eigenvalue weighted by atomic mass is 32.2. The highest BCUT2D eigenvalue weighted by Gasteiger charge is 2.20. The van der Waals surface area contributed by atoms with Crippen molar-refractivity contribution in [2.75, 3.05) is 57.0 Å². The maximum atomic E-state index is 11.4. The smallest absolute Gasteiger partial charge is 0.225 e. The monoisotopic (exact) mass is 355 g/mol. The lowest BCUT2D eigenvalue weighted by atomic mass is 10.3. The van der Waals surface area contributed by atoms with Gasteiger partial charge in [0.2, 0.25) is 16.0 Å². The Morgan fingerprint density at radius 2 is 1.88 bits per heavy atom. The standard InChI is InChI=1S/C14H25N7O2S/c1-3-24(22,23)19-8-7-18-13(15-2)20-9-11-21(12-10-20)14-16-5-4-6-17-14/h4-6,19H,3,7-12H2,1-2H3,(H,15,18). The number of rotatable bonds is 6. The van der Waals surface area contributed by atoms with Crippen LogP contribution in [0.25, 0.3) is 0 Å². The Morgan fingerprint density at radius 3 is 2.46 bits per heavy atom. The fourth-order valence-electron chi connectivity index (χ4n) is 2.39. The third-order valence-electron chi connectivity index (χ3n) is 3.74. The van der Waals surface area contributed by atoms with Crippen LogP contribution in [-0.2, 0) is 10.0 Å². The average molecular weight is 355 g/mol. The minimum absolute atomic E-state index is 0.0885. The van der Waals surface area contributed by atoms with Gasteiger partial charge in [-0.15, -0.1) is 0 Å². The van der Waals surface area contributed by atoms with Crippen molar-refractivity contribution in [3.05, 3.63) is 18.5 Å². The van der Waals surface area contributed by atoms with E-state index in [0.717, 1.165) is 38.1 Å². The number of sulfonamides is 1. The van der Waals surface area contributed by atoms with E-state index in [1.165, 1.54) is 0 Å². The molecule has 1 fully saturated rings. The second kappa shape index (κ2) is 8.78. The van der Waals surface area contributed by atoms with Crippen molar-refractivity contribution >= 4 is 21.9 Å². The van der Waals surface area contributed by atoms with Crippen molar-refractivity contribution in [2.24, 2.45) is 4.99 Å². The molecule has 0 radical (unpaired) electrons. The largest absolute Gasteiger partial charge is 0.355 e. The molecule has 0 unspecified atom stereocenters. The van der Waals surface area contributed by atoms with Crippen molar-refractivity contribution in [3.63, 3.8) is 0 Å². The molecule has 1 aromatic rings. The van der Waals surface area contributed by atoms with Gasteiger partial charge in [-0.1, -0.05) is 0 Å². The molecular formula is C14H25N7O2S. The van der Waals surface area contributed by atoms with Crippen molar-refractivity contribution in [1.29, 1.82) is 0 Å². The summed E-state index contributed by atoms with van der Waals surface area (Å²) in [5.41, 5.74) is 0. The van der Waals surface area contributed by atoms with Crippen LogP contribution in [0.3, 0.4) is 0 Å². The molecule has 0 spiro atoms. The first-order valence-electron chi connectivity index (χ1n) is 8.00. The number of aliphatic imine (C=N–C) groups is 1. The fraction of sp³-hybridized carbons (Fsp3) is 0.643. The minimum atomic E-state index is -3.15. The predicted octanol–water partition coefficient (Wildman–Crippen LogP) is -0.887. The van der Waals surface area contributed by atoms with Crippen molar-refractivity contribution in [2.45, 2.75) is 6.92 Å². The van der Waals surface area contributed by atoms with Gasteiger partial charge in [0.1, 0.15) is 0 Å². The molecule has 9 nitrogen and oxygen atoms in total. The zero-order valence-corrected chi connectivity index (χ0v) is 15.0. The second-order valence-corrected chi connectivity index (χ2v) is 7.39. The van der Waals surface area contributed by atoms with Gasteiger partial charge in [-0.25, -0.2) is 23.1 Å². The lowest BCUT2D eigenvalue weighted by molar-refractivity contribution is 0.370. The Balaban J connectivity index is 1.77. The lowest BCUT2D eigenvalue weighted by Crippen LogP contribution is -2.53. The maximum absolute atomic E-state index is 11.4. The van der Waals surface area contributed by atoms with Crippen LogP contribution in [0.15, 0.2) is 23.5 Å². The molecule has 10 heteroatoms. The average Bonchev–Trinajstić information content (AvgIpc) is 2.63. The van der Waals surface area contributed by atoms with Crippen LogP contribution in [0.1, 0.15) is 6.92 Å². The van der Waals surface area contributed by atoms with Gasteiger partial charge in [0.25, 0.3) is 0 Å². The maximum Gasteiger partial charge on any atom is 0.225 e. The number of guanidine groups is 1. The van der Waals surface area contributed by atoms with Gasteiger partial charge in [0.05, 0.1) is 5.75 Å². The second-order valence-electron chi connectivity index (χ2n) is 5.29. The normalized spacial score (nSPS) is 16.3. The fourth-order valence-corrected chi connectivity index (χ4v) is 3.01. The van der Waals surface area contributed by atoms with Crippen LogP contribution >= 0.6 is 0 Å². The summed E-state index contributed by atoms with van der Waals surface area (Å²) < 4.78 is 25.3. The summed E-state index contributed by atoms with van der Waals surface area (Å²) in [7, 11) is -1.42. The van der Waals surface area contributed by atoms with Crippen molar-refractivity contribution < 1.29 is 8.42 Å². The summed E-state index contributed by atoms with van der Waals surface area (Å²) in [4.78, 5) is 17.1. The predicted molar refractivity (Wildman–Crippen MR) is 94.6 cm³/mol. The topological polar surface area (TPSA) is 103 Å². The van der Waals surface area contributed by atoms with E-state index >= 15 is 0 Å². The van der Waals surface area contributed by atoms with E-state index in [4.69, 9.17) is 0 Å². The van der Waals surface area contributed by atoms with Crippen LogP contribution in [0.2, 0.25) is 0 Å². The first kappa shape index (κ1) is 18.4. The molecule has 1 aromatic heterocycles. The quantitative estimate of drug-likeness (QED) is 0.388. The van der Waals surface area contributed by atoms with Gasteiger partial charge < -0.3 is 15.1 Å². The van der Waals surface area contributed by atoms with Gasteiger partial charge in [-0.2, -0.15) is 0 Å². The molecule has 0 aliphatic carbocycles. The first-order chi connectivity index (χ1) is 11.6. The van der Waals surface area contributed by atoms with Crippen molar-refractivity contribution in [3.8, 4) is 0 Å². The van der Waals surface area contributed by atoms with Gasteiger partial charge in [0.15, 0.2) is 5.96 Å². The minimum Gasteiger partial charge on any atom is -0.355 e. The van der Waals surface area contributed by atoms with E-state index in [0.29, 0.717) is 13.1 Å². The lowest BCUT2D eigenvalue weighted by Gasteiger charge is -2.36. The van der Waals surface area contributed by atoms with Crippen LogP contribution in [0.4, 0.5) is 5.95 Å². The molecule has 0 aromatic carbocycles. The van der Waals surface area contributed by atoms with Gasteiger partial charge in [-0.05, 0) is 13.0 Å². The Morgan fingerprint density at radius 1 is 1.21 bits per heavy atom. The Hall–Kier alpha value is -1.94. The number of hydrogen-bond acceptors (Lipinski definition) is 6. The molecule has 0 amide bonds. The molecule has 24 heavy (non-hydrogen) atoms. The molecule has 0 atom stereocenters. The third-order valence-corrected chi connectivity index (χ3v) is 5.14. The van der Waals surface area contributed by atoms with E-state index in [9.17, 15) is 8.42 Å². The molecule has 2 heterocycles. The molecular weight excluding hydrogens is 330 g/mol. The summed E-state index contributed by atoms with van der Waals surface area (Å²) in [5, 5.41) is 3.19. The molecule has 134 valence electrons. The Labute approximate surface area is 143 Å². The zero-order chi connectivity index (χ0) is 17.4. The van der Waals surface area contributed by atoms with E-state index < -0.39 is 10.0 Å². The van der Waals surface area contributed by atoms with E-state index in [2.05, 4.69) is 34.8 Å². The summed E-state index contributed by atoms with van der Waals surface area (Å²) in [6.07, 6.45) is 3.49. The van der Waals surface area contributed by atoms with Crippen LogP contribution in [0, 0.1) is 0 Å². The zero-order valence-electron chi connectivity index (χ0n) is 14.1. The van der Waals surface area contributed by atoms with Gasteiger partial charge >= 0.3 is 0 Å². The van der Waals surface area contributed by atoms with Crippen LogP contribution in [-0.4, -0.2) is 81.3 Å². The molecule has 0 saturated carbocycles. The molecule has 2 N–H and O–H groups in total. The van der Waals surface area contributed by atoms with Crippen LogP contribution < -0.4 is 14.9 Å². The van der Waals surface area contributed by atoms with E-state index in [1.807, 2.05) is 0 Å². The van der Waals surface area contributed by atoms with Gasteiger partial charge in [-0.3, -0.25) is 4.99 Å². The van der Waals surface area contributed by atoms with E-state index in [-0.39, 0.29) is 5.75 Å². The van der Waals surface area contributed by atoms with Crippen molar-refractivity contribution in [1.82, 2.24) is 24.9 Å².